The van der Waals surface area contributed by atoms with Crippen molar-refractivity contribution < 1.29 is 4.79 Å². The molecule has 8 nitrogen and oxygen atoms in total. The van der Waals surface area contributed by atoms with Crippen LogP contribution in [0.1, 0.15) is 21.1 Å². The van der Waals surface area contributed by atoms with Gasteiger partial charge in [-0.3, -0.25) is 4.79 Å². The number of Topliss-reactive ketones (excluding diaryl/α,β-unsaturated/α-hetero) is 1. The van der Waals surface area contributed by atoms with Crippen LogP contribution in [0.5, 0.6) is 0 Å². The van der Waals surface area contributed by atoms with Crippen LogP contribution in [0.15, 0.2) is 42.6 Å². The van der Waals surface area contributed by atoms with E-state index in [4.69, 9.17) is 0 Å². The number of hydrogen-bond acceptors (Lipinski definition) is 9. The van der Waals surface area contributed by atoms with E-state index >= 15 is 0 Å². The summed E-state index contributed by atoms with van der Waals surface area (Å²) in [5.41, 5.74) is 2.99. The zero-order valence-electron chi connectivity index (χ0n) is 18.0. The van der Waals surface area contributed by atoms with E-state index in [-0.39, 0.29) is 12.2 Å². The molecule has 0 N–H and O–H groups in total. The molecule has 3 aromatic heterocycles. The zero-order valence-corrected chi connectivity index (χ0v) is 18.8. The number of benzene rings is 1. The molecule has 32 heavy (non-hydrogen) atoms. The average Bonchev–Trinajstić information content (AvgIpc) is 3.25. The second-order valence-electron chi connectivity index (χ2n) is 8.03. The first-order valence-corrected chi connectivity index (χ1v) is 11.4. The summed E-state index contributed by atoms with van der Waals surface area (Å²) in [7, 11) is 2.13. The fourth-order valence-corrected chi connectivity index (χ4v) is 4.45. The van der Waals surface area contributed by atoms with Gasteiger partial charge in [0.05, 0.1) is 17.6 Å². The summed E-state index contributed by atoms with van der Waals surface area (Å²) >= 11 is 1.55. The van der Waals surface area contributed by atoms with Gasteiger partial charge in [-0.25, -0.2) is 4.98 Å². The number of carbonyl (C=O) groups excluding carboxylic acids is 1. The Bertz CT molecular complexity index is 1260. The number of ketones is 1. The third-order valence-electron chi connectivity index (χ3n) is 5.65. The van der Waals surface area contributed by atoms with Crippen molar-refractivity contribution in [1.29, 1.82) is 0 Å². The molecule has 0 saturated carbocycles. The largest absolute Gasteiger partial charge is 0.354 e. The second-order valence-corrected chi connectivity index (χ2v) is 9.21. The first kappa shape index (κ1) is 20.6. The first-order chi connectivity index (χ1) is 15.5. The summed E-state index contributed by atoms with van der Waals surface area (Å²) < 4.78 is 0. The Balaban J connectivity index is 1.31. The number of aromatic nitrogens is 5. The van der Waals surface area contributed by atoms with Crippen molar-refractivity contribution in [3.63, 3.8) is 0 Å². The number of nitrogens with zero attached hydrogens (tertiary/aromatic N) is 7. The van der Waals surface area contributed by atoms with Gasteiger partial charge in [0.2, 0.25) is 0 Å². The molecule has 0 radical (unpaired) electrons. The Labute approximate surface area is 189 Å². The average molecular weight is 446 g/mol. The Hall–Kier alpha value is -3.30. The Morgan fingerprint density at radius 3 is 2.56 bits per heavy atom. The molecule has 0 unspecified atom stereocenters. The fraction of sp³-hybridized carbons (Fsp3) is 0.304. The quantitative estimate of drug-likeness (QED) is 0.433. The van der Waals surface area contributed by atoms with Crippen molar-refractivity contribution in [1.82, 2.24) is 30.3 Å². The van der Waals surface area contributed by atoms with Crippen molar-refractivity contribution in [3.05, 3.63) is 58.9 Å². The van der Waals surface area contributed by atoms with E-state index < -0.39 is 0 Å². The lowest BCUT2D eigenvalue weighted by molar-refractivity contribution is 0.0991. The van der Waals surface area contributed by atoms with Crippen LogP contribution in [-0.2, 0) is 6.42 Å². The number of rotatable bonds is 5. The predicted molar refractivity (Wildman–Crippen MR) is 125 cm³/mol. The van der Waals surface area contributed by atoms with Gasteiger partial charge in [0.25, 0.3) is 0 Å². The maximum Gasteiger partial charge on any atom is 0.170 e. The fourth-order valence-electron chi connectivity index (χ4n) is 3.76. The molecule has 4 aromatic rings. The summed E-state index contributed by atoms with van der Waals surface area (Å²) in [5.74, 6) is 0.895. The normalized spacial score (nSPS) is 14.8. The summed E-state index contributed by atoms with van der Waals surface area (Å²) in [5, 5.41) is 19.6. The van der Waals surface area contributed by atoms with Gasteiger partial charge in [0.1, 0.15) is 15.8 Å². The maximum atomic E-state index is 12.8. The highest BCUT2D eigenvalue weighted by molar-refractivity contribution is 7.14. The Kier molecular flexibility index (Phi) is 5.59. The van der Waals surface area contributed by atoms with Crippen LogP contribution in [0, 0.1) is 6.92 Å². The van der Waals surface area contributed by atoms with Gasteiger partial charge in [-0.05, 0) is 50.4 Å². The summed E-state index contributed by atoms with van der Waals surface area (Å²) in [6.45, 7) is 5.86. The molecule has 162 valence electrons. The number of hydrogen-bond donors (Lipinski definition) is 0. The minimum atomic E-state index is -0.0213. The highest BCUT2D eigenvalue weighted by atomic mass is 32.1. The van der Waals surface area contributed by atoms with Crippen LogP contribution >= 0.6 is 11.3 Å². The number of fused-ring (bicyclic) bond motifs is 1. The van der Waals surface area contributed by atoms with Crippen LogP contribution in [0.3, 0.4) is 0 Å². The molecule has 1 aliphatic heterocycles. The molecule has 5 rings (SSSR count). The van der Waals surface area contributed by atoms with Gasteiger partial charge >= 0.3 is 0 Å². The highest BCUT2D eigenvalue weighted by Crippen LogP contribution is 2.26. The monoisotopic (exact) mass is 445 g/mol. The molecule has 0 spiro atoms. The van der Waals surface area contributed by atoms with Crippen LogP contribution in [0.25, 0.3) is 21.5 Å². The number of piperazine rings is 1. The molecule has 1 fully saturated rings. The van der Waals surface area contributed by atoms with E-state index in [0.29, 0.717) is 11.3 Å². The molecule has 1 saturated heterocycles. The van der Waals surface area contributed by atoms with E-state index in [0.717, 1.165) is 58.5 Å². The summed E-state index contributed by atoms with van der Waals surface area (Å²) in [6.07, 6.45) is 1.85. The minimum absolute atomic E-state index is 0.0213. The lowest BCUT2D eigenvalue weighted by atomic mass is 10.1. The molecule has 0 bridgehead atoms. The summed E-state index contributed by atoms with van der Waals surface area (Å²) in [4.78, 5) is 21.9. The van der Waals surface area contributed by atoms with Crippen LogP contribution in [0.4, 0.5) is 5.82 Å². The maximum absolute atomic E-state index is 12.8. The van der Waals surface area contributed by atoms with Gasteiger partial charge in [-0.1, -0.05) is 11.3 Å². The molecule has 4 heterocycles. The number of pyridine rings is 1. The van der Waals surface area contributed by atoms with Crippen molar-refractivity contribution >= 4 is 33.8 Å². The van der Waals surface area contributed by atoms with E-state index in [9.17, 15) is 4.79 Å². The third kappa shape index (κ3) is 4.35. The lowest BCUT2D eigenvalue weighted by Gasteiger charge is -2.33. The second kappa shape index (κ2) is 8.68. The minimum Gasteiger partial charge on any atom is -0.354 e. The standard InChI is InChI=1S/C23H23N7OS/c1-15-25-28-23(32-15)16-3-5-20-18(11-16)12-19(26-27-20)13-21(31)17-4-6-22(24-14-17)30-9-7-29(2)8-10-30/h3-6,11-12,14H,7-10,13H2,1-2H3. The molecule has 0 amide bonds. The molecular formula is C23H23N7OS. The lowest BCUT2D eigenvalue weighted by Crippen LogP contribution is -2.44. The molecule has 1 aliphatic rings. The first-order valence-electron chi connectivity index (χ1n) is 10.5. The third-order valence-corrected chi connectivity index (χ3v) is 6.54. The number of aryl methyl sites for hydroxylation is 1. The van der Waals surface area contributed by atoms with E-state index in [1.165, 1.54) is 0 Å². The molecular weight excluding hydrogens is 422 g/mol. The van der Waals surface area contributed by atoms with E-state index in [1.807, 2.05) is 43.3 Å². The molecule has 9 heteroatoms. The topological polar surface area (TPSA) is 88.0 Å². The van der Waals surface area contributed by atoms with Crippen molar-refractivity contribution in [2.45, 2.75) is 13.3 Å². The van der Waals surface area contributed by atoms with Crippen LogP contribution in [-0.4, -0.2) is 69.3 Å². The molecule has 0 aliphatic carbocycles. The van der Waals surface area contributed by atoms with Gasteiger partial charge in [-0.15, -0.1) is 10.2 Å². The number of carbonyl (C=O) groups is 1. The Morgan fingerprint density at radius 2 is 1.84 bits per heavy atom. The smallest absolute Gasteiger partial charge is 0.170 e. The number of likely N-dealkylation sites (N-methyl/N-ethyl adjacent to an activating group) is 1. The van der Waals surface area contributed by atoms with Gasteiger partial charge < -0.3 is 9.80 Å². The molecule has 0 atom stereocenters. The van der Waals surface area contributed by atoms with Gasteiger partial charge in [-0.2, -0.15) is 10.2 Å². The summed E-state index contributed by atoms with van der Waals surface area (Å²) in [6, 6.07) is 11.6. The van der Waals surface area contributed by atoms with Crippen LogP contribution < -0.4 is 4.90 Å². The van der Waals surface area contributed by atoms with E-state index in [2.05, 4.69) is 42.2 Å². The molecule has 1 aromatic carbocycles. The number of anilines is 1. The highest BCUT2D eigenvalue weighted by Gasteiger charge is 2.16. The van der Waals surface area contributed by atoms with E-state index in [1.54, 1.807) is 17.5 Å². The Morgan fingerprint density at radius 1 is 1.00 bits per heavy atom. The van der Waals surface area contributed by atoms with Gasteiger partial charge in [0, 0.05) is 48.9 Å². The van der Waals surface area contributed by atoms with Gasteiger partial charge in [0.15, 0.2) is 5.78 Å². The SMILES string of the molecule is Cc1nnc(-c2ccc3nnc(CC(=O)c4ccc(N5CCN(C)CC5)nc4)cc3c2)s1. The van der Waals surface area contributed by atoms with Crippen LogP contribution in [0.2, 0.25) is 0 Å². The van der Waals surface area contributed by atoms with Crippen molar-refractivity contribution in [2.75, 3.05) is 38.1 Å². The van der Waals surface area contributed by atoms with Crippen molar-refractivity contribution in [2.24, 2.45) is 0 Å². The predicted octanol–water partition coefficient (Wildman–Crippen LogP) is 3.03. The van der Waals surface area contributed by atoms with Crippen molar-refractivity contribution in [3.8, 4) is 10.6 Å². The zero-order chi connectivity index (χ0) is 22.1.